The second-order valence-electron chi connectivity index (χ2n) is 1.92. The van der Waals surface area contributed by atoms with Crippen LogP contribution in [-0.2, 0) is 9.47 Å². The monoisotopic (exact) mass is 118 g/mol. The minimum Gasteiger partial charge on any atom is -0.382 e. The van der Waals surface area contributed by atoms with E-state index in [0.29, 0.717) is 6.61 Å². The third kappa shape index (κ3) is 0.976. The molecule has 48 valence electrons. The van der Waals surface area contributed by atoms with Gasteiger partial charge in [-0.1, -0.05) is 0 Å². The lowest BCUT2D eigenvalue weighted by Gasteiger charge is -1.93. The molecule has 0 amide bonds. The van der Waals surface area contributed by atoms with E-state index in [1.807, 2.05) is 0 Å². The number of nitrogens with two attached hydrogens (primary N) is 2. The molecule has 0 radical (unpaired) electrons. The van der Waals surface area contributed by atoms with Gasteiger partial charge in [-0.05, 0) is 0 Å². The van der Waals surface area contributed by atoms with Crippen LogP contribution in [0.15, 0.2) is 0 Å². The van der Waals surface area contributed by atoms with Crippen LogP contribution < -0.4 is 11.5 Å². The maximum atomic E-state index is 5.27. The summed E-state index contributed by atoms with van der Waals surface area (Å²) >= 11 is 0. The molecule has 0 aromatic rings. The van der Waals surface area contributed by atoms with Gasteiger partial charge in [0.2, 0.25) is 0 Å². The fraction of sp³-hybridized carbons (Fsp3) is 1.00. The van der Waals surface area contributed by atoms with E-state index in [9.17, 15) is 0 Å². The molecule has 4 nitrogen and oxygen atoms in total. The maximum absolute atomic E-state index is 5.27. The molecule has 1 rings (SSSR count). The number of methoxy groups -OCH3 is 1. The standard InChI is InChI=1S/C4H10N2O2/c1-7-2-3-4(5,6)8-3/h3H,2,5-6H2,1H3. The summed E-state index contributed by atoms with van der Waals surface area (Å²) in [5.41, 5.74) is 10.5. The Morgan fingerprint density at radius 3 is 2.38 bits per heavy atom. The molecule has 0 bridgehead atoms. The highest BCUT2D eigenvalue weighted by Gasteiger charge is 2.50. The van der Waals surface area contributed by atoms with Crippen LogP contribution in [0.25, 0.3) is 0 Å². The van der Waals surface area contributed by atoms with Gasteiger partial charge in [-0.2, -0.15) is 0 Å². The molecular weight excluding hydrogens is 108 g/mol. The second kappa shape index (κ2) is 1.66. The number of hydrogen-bond donors (Lipinski definition) is 2. The van der Waals surface area contributed by atoms with E-state index < -0.39 is 5.85 Å². The SMILES string of the molecule is COCC1OC1(N)N. The molecule has 1 saturated heterocycles. The zero-order chi connectivity index (χ0) is 6.20. The zero-order valence-electron chi connectivity index (χ0n) is 4.76. The zero-order valence-corrected chi connectivity index (χ0v) is 4.76. The first-order valence-corrected chi connectivity index (χ1v) is 2.41. The second-order valence-corrected chi connectivity index (χ2v) is 1.92. The van der Waals surface area contributed by atoms with Crippen molar-refractivity contribution in [3.63, 3.8) is 0 Å². The van der Waals surface area contributed by atoms with Gasteiger partial charge in [0.05, 0.1) is 6.61 Å². The van der Waals surface area contributed by atoms with Gasteiger partial charge >= 0.3 is 0 Å². The predicted octanol–water partition coefficient (Wildman–Crippen LogP) is -1.40. The molecule has 1 unspecified atom stereocenters. The van der Waals surface area contributed by atoms with Gasteiger partial charge in [-0.25, -0.2) is 0 Å². The van der Waals surface area contributed by atoms with Gasteiger partial charge in [-0.3, -0.25) is 11.5 Å². The smallest absolute Gasteiger partial charge is 0.199 e. The lowest BCUT2D eigenvalue weighted by atomic mass is 10.4. The minimum atomic E-state index is -0.907. The molecular formula is C4H10N2O2. The third-order valence-electron chi connectivity index (χ3n) is 1.11. The van der Waals surface area contributed by atoms with Crippen molar-refractivity contribution in [2.75, 3.05) is 13.7 Å². The molecule has 8 heavy (non-hydrogen) atoms. The molecule has 4 N–H and O–H groups in total. The molecule has 0 aromatic carbocycles. The van der Waals surface area contributed by atoms with Gasteiger partial charge in [0.1, 0.15) is 6.10 Å². The highest BCUT2D eigenvalue weighted by atomic mass is 16.7. The van der Waals surface area contributed by atoms with Gasteiger partial charge < -0.3 is 9.47 Å². The molecule has 1 aliphatic heterocycles. The van der Waals surface area contributed by atoms with Gasteiger partial charge in [0, 0.05) is 7.11 Å². The highest BCUT2D eigenvalue weighted by Crippen LogP contribution is 2.24. The molecule has 1 fully saturated rings. The first kappa shape index (κ1) is 5.97. The number of hydrogen-bond acceptors (Lipinski definition) is 4. The van der Waals surface area contributed by atoms with Gasteiger partial charge in [0.25, 0.3) is 0 Å². The van der Waals surface area contributed by atoms with E-state index >= 15 is 0 Å². The van der Waals surface area contributed by atoms with Crippen LogP contribution in [-0.4, -0.2) is 25.7 Å². The van der Waals surface area contributed by atoms with E-state index in [2.05, 4.69) is 0 Å². The van der Waals surface area contributed by atoms with E-state index in [4.69, 9.17) is 20.9 Å². The van der Waals surface area contributed by atoms with Crippen LogP contribution in [0.4, 0.5) is 0 Å². The van der Waals surface area contributed by atoms with Crippen molar-refractivity contribution in [1.82, 2.24) is 0 Å². The Balaban J connectivity index is 2.17. The summed E-state index contributed by atoms with van der Waals surface area (Å²) in [5, 5.41) is 0. The molecule has 1 heterocycles. The van der Waals surface area contributed by atoms with Crippen LogP contribution >= 0.6 is 0 Å². The van der Waals surface area contributed by atoms with Crippen LogP contribution in [0.3, 0.4) is 0 Å². The molecule has 0 saturated carbocycles. The quantitative estimate of drug-likeness (QED) is 0.345. The Kier molecular flexibility index (Phi) is 1.24. The average Bonchev–Trinajstić information content (AvgIpc) is 2.15. The number of epoxide rings is 1. The Morgan fingerprint density at radius 1 is 1.75 bits per heavy atom. The number of ether oxygens (including phenoxy) is 2. The lowest BCUT2D eigenvalue weighted by Crippen LogP contribution is -2.38. The first-order chi connectivity index (χ1) is 3.67. The van der Waals surface area contributed by atoms with Crippen molar-refractivity contribution in [3.8, 4) is 0 Å². The van der Waals surface area contributed by atoms with Gasteiger partial charge in [-0.15, -0.1) is 0 Å². The van der Waals surface area contributed by atoms with Crippen molar-refractivity contribution in [2.45, 2.75) is 12.0 Å². The first-order valence-electron chi connectivity index (χ1n) is 2.41. The minimum absolute atomic E-state index is 0.104. The van der Waals surface area contributed by atoms with Crippen molar-refractivity contribution >= 4 is 0 Å². The Bertz CT molecular complexity index is 94.0. The molecule has 4 heteroatoms. The topological polar surface area (TPSA) is 73.8 Å². The van der Waals surface area contributed by atoms with E-state index in [1.54, 1.807) is 7.11 Å². The van der Waals surface area contributed by atoms with Crippen LogP contribution in [0, 0.1) is 0 Å². The molecule has 1 atom stereocenters. The Morgan fingerprint density at radius 2 is 2.25 bits per heavy atom. The average molecular weight is 118 g/mol. The van der Waals surface area contributed by atoms with E-state index in [-0.39, 0.29) is 6.10 Å². The normalized spacial score (nSPS) is 32.6. The summed E-state index contributed by atoms with van der Waals surface area (Å²) in [7, 11) is 1.58. The Labute approximate surface area is 47.7 Å². The largest absolute Gasteiger partial charge is 0.382 e. The van der Waals surface area contributed by atoms with Crippen LogP contribution in [0.2, 0.25) is 0 Å². The lowest BCUT2D eigenvalue weighted by molar-refractivity contribution is 0.170. The van der Waals surface area contributed by atoms with Crippen molar-refractivity contribution < 1.29 is 9.47 Å². The summed E-state index contributed by atoms with van der Waals surface area (Å²) in [6, 6.07) is 0. The van der Waals surface area contributed by atoms with Crippen LogP contribution in [0.1, 0.15) is 0 Å². The summed E-state index contributed by atoms with van der Waals surface area (Å²) < 4.78 is 9.49. The van der Waals surface area contributed by atoms with Crippen molar-refractivity contribution in [2.24, 2.45) is 11.5 Å². The van der Waals surface area contributed by atoms with E-state index in [0.717, 1.165) is 0 Å². The summed E-state index contributed by atoms with van der Waals surface area (Å²) in [6.07, 6.45) is -0.104. The predicted molar refractivity (Wildman–Crippen MR) is 27.9 cm³/mol. The molecule has 0 aromatic heterocycles. The summed E-state index contributed by atoms with van der Waals surface area (Å²) in [5.74, 6) is -0.907. The van der Waals surface area contributed by atoms with E-state index in [1.165, 1.54) is 0 Å². The van der Waals surface area contributed by atoms with Crippen LogP contribution in [0.5, 0.6) is 0 Å². The number of rotatable bonds is 2. The van der Waals surface area contributed by atoms with Crippen molar-refractivity contribution in [1.29, 1.82) is 0 Å². The Hall–Kier alpha value is -0.160. The van der Waals surface area contributed by atoms with Gasteiger partial charge in [0.15, 0.2) is 5.85 Å². The molecule has 0 aliphatic carbocycles. The summed E-state index contributed by atoms with van der Waals surface area (Å²) in [4.78, 5) is 0. The maximum Gasteiger partial charge on any atom is 0.199 e. The molecule has 0 spiro atoms. The fourth-order valence-corrected chi connectivity index (χ4v) is 0.528. The molecule has 1 aliphatic rings. The highest BCUT2D eigenvalue weighted by molar-refractivity contribution is 4.91. The van der Waals surface area contributed by atoms with Crippen molar-refractivity contribution in [3.05, 3.63) is 0 Å². The third-order valence-corrected chi connectivity index (χ3v) is 1.11. The summed E-state index contributed by atoms with van der Waals surface area (Å²) in [6.45, 7) is 0.479. The fourth-order valence-electron chi connectivity index (χ4n) is 0.528.